The Morgan fingerprint density at radius 1 is 1.23 bits per heavy atom. The molecular weight excluding hydrogens is 314 g/mol. The highest BCUT2D eigenvalue weighted by atomic mass is 32.1. The fourth-order valence-corrected chi connectivity index (χ4v) is 4.03. The molecular formula is C17H17NO2S2. The molecule has 114 valence electrons. The normalized spacial score (nSPS) is 17.4. The first-order chi connectivity index (χ1) is 10.7. The maximum Gasteiger partial charge on any atom is 0.223 e. The molecule has 3 rings (SSSR count). The lowest BCUT2D eigenvalue weighted by Gasteiger charge is -2.16. The van der Waals surface area contributed by atoms with E-state index in [1.165, 1.54) is 22.7 Å². The molecule has 2 heterocycles. The van der Waals surface area contributed by atoms with Crippen LogP contribution in [0.5, 0.6) is 0 Å². The van der Waals surface area contributed by atoms with E-state index in [0.29, 0.717) is 6.54 Å². The van der Waals surface area contributed by atoms with Gasteiger partial charge in [-0.25, -0.2) is 0 Å². The van der Waals surface area contributed by atoms with Gasteiger partial charge in [0.05, 0.1) is 11.4 Å². The predicted molar refractivity (Wildman–Crippen MR) is 90.4 cm³/mol. The van der Waals surface area contributed by atoms with E-state index < -0.39 is 0 Å². The summed E-state index contributed by atoms with van der Waals surface area (Å²) in [7, 11) is 0. The monoisotopic (exact) mass is 331 g/mol. The Hall–Kier alpha value is -1.72. The van der Waals surface area contributed by atoms with E-state index >= 15 is 0 Å². The molecule has 0 radical (unpaired) electrons. The Kier molecular flexibility index (Phi) is 4.85. The number of thiophene rings is 2. The van der Waals surface area contributed by atoms with Crippen LogP contribution in [0.4, 0.5) is 0 Å². The molecule has 0 spiro atoms. The molecule has 0 saturated carbocycles. The van der Waals surface area contributed by atoms with Crippen LogP contribution in [0.2, 0.25) is 0 Å². The molecule has 5 heteroatoms. The standard InChI is InChI=1S/C17H17NO2S2/c19-16(13-8-9-21-11-13)15-7-6-14(22-15)10-18-17(20)12-4-2-1-3-5-12/h1-2,6-9,11-12H,3-5,10H2,(H,18,20)/t12-/m0/s1. The van der Waals surface area contributed by atoms with Gasteiger partial charge in [-0.15, -0.1) is 11.3 Å². The molecule has 1 atom stereocenters. The number of allylic oxidation sites excluding steroid dienone is 2. The lowest BCUT2D eigenvalue weighted by Crippen LogP contribution is -2.30. The van der Waals surface area contributed by atoms with Crippen LogP contribution < -0.4 is 5.32 Å². The van der Waals surface area contributed by atoms with E-state index in [0.717, 1.165) is 34.6 Å². The molecule has 22 heavy (non-hydrogen) atoms. The third-order valence-corrected chi connectivity index (χ3v) is 5.51. The first-order valence-electron chi connectivity index (χ1n) is 7.32. The lowest BCUT2D eigenvalue weighted by molar-refractivity contribution is -0.125. The van der Waals surface area contributed by atoms with Crippen molar-refractivity contribution in [2.24, 2.45) is 5.92 Å². The third-order valence-electron chi connectivity index (χ3n) is 3.75. The molecule has 1 amide bonds. The van der Waals surface area contributed by atoms with Crippen molar-refractivity contribution >= 4 is 34.4 Å². The molecule has 0 unspecified atom stereocenters. The summed E-state index contributed by atoms with van der Waals surface area (Å²) in [5.74, 6) is 0.265. The second-order valence-electron chi connectivity index (χ2n) is 5.31. The first-order valence-corrected chi connectivity index (χ1v) is 9.08. The fourth-order valence-electron chi connectivity index (χ4n) is 2.48. The Labute approximate surface area is 137 Å². The van der Waals surface area contributed by atoms with Crippen LogP contribution in [-0.2, 0) is 11.3 Å². The highest BCUT2D eigenvalue weighted by Crippen LogP contribution is 2.22. The first kappa shape index (κ1) is 15.2. The number of carbonyl (C=O) groups is 2. The molecule has 2 aromatic rings. The zero-order valence-electron chi connectivity index (χ0n) is 12.1. The minimum atomic E-state index is 0.0567. The largest absolute Gasteiger partial charge is 0.351 e. The van der Waals surface area contributed by atoms with Gasteiger partial charge in [-0.05, 0) is 42.8 Å². The van der Waals surface area contributed by atoms with Crippen molar-refractivity contribution in [2.75, 3.05) is 0 Å². The summed E-state index contributed by atoms with van der Waals surface area (Å²) < 4.78 is 0. The van der Waals surface area contributed by atoms with Gasteiger partial charge in [0, 0.05) is 21.7 Å². The quantitative estimate of drug-likeness (QED) is 0.664. The number of carbonyl (C=O) groups excluding carboxylic acids is 2. The van der Waals surface area contributed by atoms with E-state index in [9.17, 15) is 9.59 Å². The van der Waals surface area contributed by atoms with Crippen molar-refractivity contribution in [1.29, 1.82) is 0 Å². The second-order valence-corrected chi connectivity index (χ2v) is 7.25. The van der Waals surface area contributed by atoms with Gasteiger partial charge in [0.25, 0.3) is 0 Å². The average Bonchev–Trinajstić information content (AvgIpc) is 3.24. The summed E-state index contributed by atoms with van der Waals surface area (Å²) in [5, 5.41) is 6.75. The van der Waals surface area contributed by atoms with E-state index in [4.69, 9.17) is 0 Å². The van der Waals surface area contributed by atoms with E-state index in [1.54, 1.807) is 0 Å². The van der Waals surface area contributed by atoms with E-state index in [1.807, 2.05) is 29.0 Å². The molecule has 1 N–H and O–H groups in total. The van der Waals surface area contributed by atoms with Gasteiger partial charge in [-0.2, -0.15) is 11.3 Å². The second kappa shape index (κ2) is 7.03. The minimum Gasteiger partial charge on any atom is -0.351 e. The van der Waals surface area contributed by atoms with Gasteiger partial charge in [-0.1, -0.05) is 12.2 Å². The fraction of sp³-hybridized carbons (Fsp3) is 0.294. The third kappa shape index (κ3) is 3.54. The SMILES string of the molecule is O=C(c1ccsc1)c1ccc(CNC(=O)[C@H]2CC=CCC2)s1. The van der Waals surface area contributed by atoms with Gasteiger partial charge in [0.2, 0.25) is 11.7 Å². The summed E-state index contributed by atoms with van der Waals surface area (Å²) >= 11 is 2.97. The zero-order chi connectivity index (χ0) is 15.4. The highest BCUT2D eigenvalue weighted by molar-refractivity contribution is 7.14. The number of hydrogen-bond donors (Lipinski definition) is 1. The lowest BCUT2D eigenvalue weighted by atomic mass is 9.94. The van der Waals surface area contributed by atoms with Crippen molar-refractivity contribution in [3.63, 3.8) is 0 Å². The van der Waals surface area contributed by atoms with Crippen molar-refractivity contribution < 1.29 is 9.59 Å². The van der Waals surface area contributed by atoms with E-state index in [-0.39, 0.29) is 17.6 Å². The topological polar surface area (TPSA) is 46.2 Å². The van der Waals surface area contributed by atoms with Crippen LogP contribution in [0.3, 0.4) is 0 Å². The predicted octanol–water partition coefficient (Wildman–Crippen LogP) is 4.01. The van der Waals surface area contributed by atoms with Crippen molar-refractivity contribution in [3.8, 4) is 0 Å². The van der Waals surface area contributed by atoms with Gasteiger partial charge in [-0.3, -0.25) is 9.59 Å². The molecule has 0 saturated heterocycles. The molecule has 3 nitrogen and oxygen atoms in total. The molecule has 1 aliphatic carbocycles. The Morgan fingerprint density at radius 3 is 2.86 bits per heavy atom. The molecule has 2 aromatic heterocycles. The smallest absolute Gasteiger partial charge is 0.223 e. The van der Waals surface area contributed by atoms with Crippen LogP contribution in [0.15, 0.2) is 41.1 Å². The number of rotatable bonds is 5. The van der Waals surface area contributed by atoms with Crippen LogP contribution >= 0.6 is 22.7 Å². The molecule has 0 aromatic carbocycles. The summed E-state index contributed by atoms with van der Waals surface area (Å²) in [6, 6.07) is 5.60. The number of amides is 1. The minimum absolute atomic E-state index is 0.0567. The summed E-state index contributed by atoms with van der Waals surface area (Å²) in [4.78, 5) is 26.1. The average molecular weight is 331 g/mol. The maximum atomic E-state index is 12.2. The Morgan fingerprint density at radius 2 is 2.14 bits per heavy atom. The van der Waals surface area contributed by atoms with Gasteiger partial charge in [0.1, 0.15) is 0 Å². The Balaban J connectivity index is 1.57. The van der Waals surface area contributed by atoms with Crippen LogP contribution in [0, 0.1) is 5.92 Å². The Bertz CT molecular complexity index is 685. The van der Waals surface area contributed by atoms with Gasteiger partial charge < -0.3 is 5.32 Å². The van der Waals surface area contributed by atoms with Crippen LogP contribution in [0.25, 0.3) is 0 Å². The zero-order valence-corrected chi connectivity index (χ0v) is 13.7. The summed E-state index contributed by atoms with van der Waals surface area (Å²) in [5.41, 5.74) is 0.733. The van der Waals surface area contributed by atoms with Gasteiger partial charge >= 0.3 is 0 Å². The van der Waals surface area contributed by atoms with E-state index in [2.05, 4.69) is 17.5 Å². The number of ketones is 1. The maximum absolute atomic E-state index is 12.2. The van der Waals surface area contributed by atoms with Crippen LogP contribution in [0.1, 0.15) is 39.4 Å². The van der Waals surface area contributed by atoms with Gasteiger partial charge in [0.15, 0.2) is 0 Å². The van der Waals surface area contributed by atoms with Crippen molar-refractivity contribution in [2.45, 2.75) is 25.8 Å². The molecule has 0 aliphatic heterocycles. The molecule has 0 fully saturated rings. The van der Waals surface area contributed by atoms with Crippen molar-refractivity contribution in [3.05, 3.63) is 56.4 Å². The molecule has 1 aliphatic rings. The highest BCUT2D eigenvalue weighted by Gasteiger charge is 2.18. The number of nitrogens with one attached hydrogen (secondary N) is 1. The summed E-state index contributed by atoms with van der Waals surface area (Å²) in [6.45, 7) is 0.501. The number of hydrogen-bond acceptors (Lipinski definition) is 4. The van der Waals surface area contributed by atoms with Crippen LogP contribution in [-0.4, -0.2) is 11.7 Å². The summed E-state index contributed by atoms with van der Waals surface area (Å²) in [6.07, 6.45) is 6.95. The van der Waals surface area contributed by atoms with Crippen molar-refractivity contribution in [1.82, 2.24) is 5.32 Å². The molecule has 0 bridgehead atoms.